The second kappa shape index (κ2) is 5.59. The largest absolute Gasteiger partial charge is 0.339 e. The molecule has 4 rings (SSSR count). The Morgan fingerprint density at radius 3 is 2.78 bits per heavy atom. The quantitative estimate of drug-likeness (QED) is 0.613. The SMILES string of the molecule is Cc1c2n(c3ccccc13)CCC2=NNc1ccc(Cl)cc1Cl. The first-order chi connectivity index (χ1) is 11.1. The van der Waals surface area contributed by atoms with E-state index in [1.54, 1.807) is 12.1 Å². The van der Waals surface area contributed by atoms with Gasteiger partial charge in [0.05, 0.1) is 22.1 Å². The number of aryl methyl sites for hydroxylation is 2. The Morgan fingerprint density at radius 2 is 1.96 bits per heavy atom. The third-order valence-corrected chi connectivity index (χ3v) is 4.86. The summed E-state index contributed by atoms with van der Waals surface area (Å²) in [4.78, 5) is 0. The van der Waals surface area contributed by atoms with Gasteiger partial charge in [0.1, 0.15) is 0 Å². The van der Waals surface area contributed by atoms with Gasteiger partial charge >= 0.3 is 0 Å². The number of hydrazone groups is 1. The average molecular weight is 344 g/mol. The highest BCUT2D eigenvalue weighted by Gasteiger charge is 2.24. The molecule has 0 spiro atoms. The molecule has 0 bridgehead atoms. The molecule has 0 amide bonds. The molecule has 116 valence electrons. The van der Waals surface area contributed by atoms with Crippen molar-refractivity contribution in [2.45, 2.75) is 19.9 Å². The summed E-state index contributed by atoms with van der Waals surface area (Å²) in [6, 6.07) is 13.8. The van der Waals surface area contributed by atoms with Crippen LogP contribution in [0, 0.1) is 6.92 Å². The van der Waals surface area contributed by atoms with Crippen LogP contribution in [0.5, 0.6) is 0 Å². The third kappa shape index (κ3) is 2.41. The predicted octanol–water partition coefficient (Wildman–Crippen LogP) is 5.48. The van der Waals surface area contributed by atoms with Crippen LogP contribution in [0.3, 0.4) is 0 Å². The number of para-hydroxylation sites is 1. The van der Waals surface area contributed by atoms with Gasteiger partial charge in [-0.3, -0.25) is 5.43 Å². The summed E-state index contributed by atoms with van der Waals surface area (Å²) in [5.41, 5.74) is 8.66. The number of halogens is 2. The van der Waals surface area contributed by atoms with Crippen molar-refractivity contribution >= 4 is 45.5 Å². The minimum Gasteiger partial charge on any atom is -0.339 e. The number of hydrogen-bond donors (Lipinski definition) is 1. The van der Waals surface area contributed by atoms with Crippen LogP contribution < -0.4 is 5.43 Å². The maximum Gasteiger partial charge on any atom is 0.0864 e. The molecule has 1 N–H and O–H groups in total. The summed E-state index contributed by atoms with van der Waals surface area (Å²) in [5, 5.41) is 7.07. The Labute approximate surface area is 144 Å². The number of nitrogens with one attached hydrogen (secondary N) is 1. The molecular weight excluding hydrogens is 329 g/mol. The number of hydrogen-bond acceptors (Lipinski definition) is 2. The van der Waals surface area contributed by atoms with Crippen LogP contribution in [0.15, 0.2) is 47.6 Å². The van der Waals surface area contributed by atoms with E-state index in [1.807, 2.05) is 6.07 Å². The van der Waals surface area contributed by atoms with Crippen molar-refractivity contribution in [2.24, 2.45) is 5.10 Å². The predicted molar refractivity (Wildman–Crippen MR) is 97.9 cm³/mol. The summed E-state index contributed by atoms with van der Waals surface area (Å²) in [7, 11) is 0. The first-order valence-electron chi connectivity index (χ1n) is 7.51. The minimum atomic E-state index is 0.567. The molecule has 1 aromatic heterocycles. The van der Waals surface area contributed by atoms with E-state index in [1.165, 1.54) is 22.2 Å². The number of fused-ring (bicyclic) bond motifs is 3. The molecule has 5 heteroatoms. The van der Waals surface area contributed by atoms with Gasteiger partial charge in [0.2, 0.25) is 0 Å². The fourth-order valence-corrected chi connectivity index (χ4v) is 3.68. The monoisotopic (exact) mass is 343 g/mol. The van der Waals surface area contributed by atoms with Crippen molar-refractivity contribution in [3.8, 4) is 0 Å². The minimum absolute atomic E-state index is 0.567. The molecule has 0 unspecified atom stereocenters. The molecule has 0 saturated heterocycles. The van der Waals surface area contributed by atoms with Crippen LogP contribution in [-0.4, -0.2) is 10.3 Å². The average Bonchev–Trinajstić information content (AvgIpc) is 3.08. The number of aromatic nitrogens is 1. The molecule has 2 heterocycles. The Morgan fingerprint density at radius 1 is 1.13 bits per heavy atom. The van der Waals surface area contributed by atoms with Crippen molar-refractivity contribution in [3.05, 3.63) is 63.8 Å². The number of benzene rings is 2. The highest BCUT2D eigenvalue weighted by molar-refractivity contribution is 6.36. The van der Waals surface area contributed by atoms with E-state index in [-0.39, 0.29) is 0 Å². The van der Waals surface area contributed by atoms with Crippen LogP contribution in [0.1, 0.15) is 17.7 Å². The molecule has 0 aliphatic carbocycles. The summed E-state index contributed by atoms with van der Waals surface area (Å²) >= 11 is 12.1. The molecule has 1 aliphatic rings. The number of rotatable bonds is 2. The van der Waals surface area contributed by atoms with E-state index in [0.717, 1.165) is 24.4 Å². The molecule has 0 atom stereocenters. The Hall–Kier alpha value is -1.97. The maximum atomic E-state index is 6.19. The Bertz CT molecular complexity index is 941. The molecular formula is C18H15Cl2N3. The van der Waals surface area contributed by atoms with Gasteiger partial charge in [-0.15, -0.1) is 0 Å². The molecule has 3 nitrogen and oxygen atoms in total. The van der Waals surface area contributed by atoms with E-state index in [4.69, 9.17) is 23.2 Å². The lowest BCUT2D eigenvalue weighted by atomic mass is 10.1. The maximum absolute atomic E-state index is 6.19. The normalized spacial score (nSPS) is 15.3. The van der Waals surface area contributed by atoms with E-state index >= 15 is 0 Å². The van der Waals surface area contributed by atoms with E-state index < -0.39 is 0 Å². The summed E-state index contributed by atoms with van der Waals surface area (Å²) < 4.78 is 2.34. The van der Waals surface area contributed by atoms with Crippen molar-refractivity contribution in [3.63, 3.8) is 0 Å². The van der Waals surface area contributed by atoms with Crippen LogP contribution in [0.4, 0.5) is 5.69 Å². The topological polar surface area (TPSA) is 29.3 Å². The number of anilines is 1. The van der Waals surface area contributed by atoms with Crippen LogP contribution in [-0.2, 0) is 6.54 Å². The second-order valence-corrected chi connectivity index (χ2v) is 6.53. The van der Waals surface area contributed by atoms with Crippen molar-refractivity contribution < 1.29 is 0 Å². The fourth-order valence-electron chi connectivity index (χ4n) is 3.23. The van der Waals surface area contributed by atoms with Crippen molar-refractivity contribution in [1.29, 1.82) is 0 Å². The lowest BCUT2D eigenvalue weighted by molar-refractivity contribution is 0.797. The highest BCUT2D eigenvalue weighted by Crippen LogP contribution is 2.31. The van der Waals surface area contributed by atoms with Crippen LogP contribution >= 0.6 is 23.2 Å². The smallest absolute Gasteiger partial charge is 0.0864 e. The van der Waals surface area contributed by atoms with Gasteiger partial charge in [0.25, 0.3) is 0 Å². The second-order valence-electron chi connectivity index (χ2n) is 5.69. The van der Waals surface area contributed by atoms with Gasteiger partial charge in [0, 0.05) is 28.9 Å². The molecule has 0 radical (unpaired) electrons. The summed E-state index contributed by atoms with van der Waals surface area (Å²) in [6.07, 6.45) is 0.916. The fraction of sp³-hybridized carbons (Fsp3) is 0.167. The molecule has 23 heavy (non-hydrogen) atoms. The first kappa shape index (κ1) is 14.6. The lowest BCUT2D eigenvalue weighted by Crippen LogP contribution is -2.02. The standard InChI is InChI=1S/C18H15Cl2N3/c1-11-13-4-2-3-5-17(13)23-9-8-16(18(11)23)22-21-15-7-6-12(19)10-14(15)20/h2-7,10,21H,8-9H2,1H3. The zero-order valence-electron chi connectivity index (χ0n) is 12.6. The van der Waals surface area contributed by atoms with Gasteiger partial charge in [-0.1, -0.05) is 41.4 Å². The van der Waals surface area contributed by atoms with Crippen molar-refractivity contribution in [1.82, 2.24) is 4.57 Å². The summed E-state index contributed by atoms with van der Waals surface area (Å²) in [6.45, 7) is 3.11. The number of nitrogens with zero attached hydrogens (tertiary/aromatic N) is 2. The molecule has 2 aromatic carbocycles. The molecule has 0 saturated carbocycles. The van der Waals surface area contributed by atoms with E-state index in [2.05, 4.69) is 46.3 Å². The van der Waals surface area contributed by atoms with Crippen molar-refractivity contribution in [2.75, 3.05) is 5.43 Å². The van der Waals surface area contributed by atoms with Gasteiger partial charge in [-0.2, -0.15) is 5.10 Å². The van der Waals surface area contributed by atoms with Crippen LogP contribution in [0.25, 0.3) is 10.9 Å². The summed E-state index contributed by atoms with van der Waals surface area (Å²) in [5.74, 6) is 0. The van der Waals surface area contributed by atoms with Gasteiger partial charge in [-0.05, 0) is 36.8 Å². The Balaban J connectivity index is 1.73. The van der Waals surface area contributed by atoms with Gasteiger partial charge in [-0.25, -0.2) is 0 Å². The van der Waals surface area contributed by atoms with E-state index in [0.29, 0.717) is 10.0 Å². The molecule has 3 aromatic rings. The molecule has 0 fully saturated rings. The zero-order chi connectivity index (χ0) is 16.0. The Kier molecular flexibility index (Phi) is 3.55. The van der Waals surface area contributed by atoms with Crippen LogP contribution in [0.2, 0.25) is 10.0 Å². The lowest BCUT2D eigenvalue weighted by Gasteiger charge is -2.05. The first-order valence-corrected chi connectivity index (χ1v) is 8.26. The molecule has 1 aliphatic heterocycles. The van der Waals surface area contributed by atoms with E-state index in [9.17, 15) is 0 Å². The van der Waals surface area contributed by atoms with Gasteiger partial charge in [0.15, 0.2) is 0 Å². The zero-order valence-corrected chi connectivity index (χ0v) is 14.1. The van der Waals surface area contributed by atoms with Gasteiger partial charge < -0.3 is 4.57 Å². The highest BCUT2D eigenvalue weighted by atomic mass is 35.5. The third-order valence-electron chi connectivity index (χ3n) is 4.31.